The number of rotatable bonds is 4. The van der Waals surface area contributed by atoms with Crippen molar-refractivity contribution in [3.8, 4) is 0 Å². The van der Waals surface area contributed by atoms with E-state index in [0.29, 0.717) is 23.6 Å². The van der Waals surface area contributed by atoms with E-state index in [0.717, 1.165) is 12.8 Å². The second-order valence-electron chi connectivity index (χ2n) is 5.43. The minimum atomic E-state index is -3.56. The van der Waals surface area contributed by atoms with E-state index in [9.17, 15) is 8.42 Å². The molecule has 0 unspecified atom stereocenters. The molecule has 20 heavy (non-hydrogen) atoms. The average Bonchev–Trinajstić information content (AvgIpc) is 3.12. The Labute approximate surface area is 123 Å². The van der Waals surface area contributed by atoms with Gasteiger partial charge >= 0.3 is 0 Å². The Morgan fingerprint density at radius 1 is 1.40 bits per heavy atom. The molecule has 1 aromatic carbocycles. The quantitative estimate of drug-likeness (QED) is 0.856. The van der Waals surface area contributed by atoms with Crippen LogP contribution in [0.2, 0.25) is 0 Å². The lowest BCUT2D eigenvalue weighted by Crippen LogP contribution is -2.34. The zero-order valence-corrected chi connectivity index (χ0v) is 12.5. The minimum absolute atomic E-state index is 0.0755. The van der Waals surface area contributed by atoms with Gasteiger partial charge in [0.05, 0.1) is 10.7 Å². The average molecular weight is 309 g/mol. The summed E-state index contributed by atoms with van der Waals surface area (Å²) in [6, 6.07) is 6.92. The number of sulfonamides is 1. The first kappa shape index (κ1) is 13.5. The summed E-state index contributed by atoms with van der Waals surface area (Å²) in [5, 5.41) is 0. The van der Waals surface area contributed by atoms with Gasteiger partial charge in [0.15, 0.2) is 0 Å². The Bertz CT molecular complexity index is 693. The lowest BCUT2D eigenvalue weighted by molar-refractivity contribution is 0.545. The summed E-state index contributed by atoms with van der Waals surface area (Å²) in [6.45, 7) is 0.695. The molecule has 1 aromatic rings. The molecule has 1 saturated carbocycles. The van der Waals surface area contributed by atoms with Crippen LogP contribution in [0.4, 0.5) is 5.69 Å². The van der Waals surface area contributed by atoms with Crippen LogP contribution in [0.3, 0.4) is 0 Å². The topological polar surface area (TPSA) is 75.8 Å². The molecule has 7 heteroatoms. The van der Waals surface area contributed by atoms with E-state index >= 15 is 0 Å². The van der Waals surface area contributed by atoms with E-state index < -0.39 is 10.0 Å². The van der Waals surface area contributed by atoms with Crippen LogP contribution in [0.25, 0.3) is 0 Å². The van der Waals surface area contributed by atoms with Crippen LogP contribution in [-0.2, 0) is 10.0 Å². The van der Waals surface area contributed by atoms with Gasteiger partial charge in [-0.05, 0) is 30.4 Å². The molecule has 106 valence electrons. The van der Waals surface area contributed by atoms with E-state index in [2.05, 4.69) is 4.40 Å². The van der Waals surface area contributed by atoms with Crippen LogP contribution >= 0.6 is 12.2 Å². The molecule has 0 spiro atoms. The van der Waals surface area contributed by atoms with Crippen molar-refractivity contribution >= 4 is 39.3 Å². The molecule has 0 bridgehead atoms. The number of benzene rings is 1. The lowest BCUT2D eigenvalue weighted by Gasteiger charge is -2.29. The molecular weight excluding hydrogens is 294 g/mol. The summed E-state index contributed by atoms with van der Waals surface area (Å²) < 4.78 is 27.5. The lowest BCUT2D eigenvalue weighted by atomic mass is 10.0. The van der Waals surface area contributed by atoms with Crippen LogP contribution in [0.1, 0.15) is 19.3 Å². The van der Waals surface area contributed by atoms with E-state index in [1.54, 1.807) is 18.2 Å². The van der Waals surface area contributed by atoms with Gasteiger partial charge in [-0.3, -0.25) is 0 Å². The van der Waals surface area contributed by atoms with Gasteiger partial charge in [-0.15, -0.1) is 4.40 Å². The van der Waals surface area contributed by atoms with Gasteiger partial charge in [0.1, 0.15) is 11.2 Å². The summed E-state index contributed by atoms with van der Waals surface area (Å²) in [6.07, 6.45) is 4.21. The van der Waals surface area contributed by atoms with Gasteiger partial charge in [-0.2, -0.15) is 8.42 Å². The largest absolute Gasteiger partial charge is 0.393 e. The Morgan fingerprint density at radius 2 is 2.10 bits per heavy atom. The summed E-state index contributed by atoms with van der Waals surface area (Å²) in [4.78, 5) is 2.66. The van der Waals surface area contributed by atoms with Crippen LogP contribution in [-0.4, -0.2) is 26.3 Å². The van der Waals surface area contributed by atoms with Gasteiger partial charge in [0.25, 0.3) is 10.0 Å². The van der Waals surface area contributed by atoms with Crippen molar-refractivity contribution in [1.82, 2.24) is 0 Å². The Balaban J connectivity index is 1.91. The molecule has 0 atom stereocenters. The molecular formula is C13H15N3O2S2. The smallest absolute Gasteiger partial charge is 0.285 e. The molecule has 1 fully saturated rings. The van der Waals surface area contributed by atoms with E-state index in [-0.39, 0.29) is 10.3 Å². The first-order valence-electron chi connectivity index (χ1n) is 6.36. The molecule has 0 radical (unpaired) electrons. The first-order chi connectivity index (χ1) is 9.42. The van der Waals surface area contributed by atoms with Crippen molar-refractivity contribution < 1.29 is 8.42 Å². The number of anilines is 1. The van der Waals surface area contributed by atoms with Crippen molar-refractivity contribution in [2.75, 3.05) is 11.4 Å². The fourth-order valence-electron chi connectivity index (χ4n) is 2.58. The summed E-state index contributed by atoms with van der Waals surface area (Å²) >= 11 is 5.00. The van der Waals surface area contributed by atoms with Gasteiger partial charge in [0, 0.05) is 13.0 Å². The molecule has 3 rings (SSSR count). The van der Waals surface area contributed by atoms with Crippen molar-refractivity contribution in [2.24, 2.45) is 15.5 Å². The molecule has 1 aliphatic heterocycles. The molecule has 2 aliphatic rings. The molecule has 2 N–H and O–H groups in total. The van der Waals surface area contributed by atoms with Gasteiger partial charge in [0.2, 0.25) is 0 Å². The van der Waals surface area contributed by atoms with Crippen molar-refractivity contribution in [2.45, 2.75) is 24.2 Å². The fourth-order valence-corrected chi connectivity index (χ4v) is 3.93. The van der Waals surface area contributed by atoms with Crippen LogP contribution in [0, 0.1) is 5.41 Å². The predicted octanol–water partition coefficient (Wildman–Crippen LogP) is 1.68. The maximum Gasteiger partial charge on any atom is 0.285 e. The van der Waals surface area contributed by atoms with Gasteiger partial charge in [-0.25, -0.2) is 0 Å². The molecule has 0 saturated heterocycles. The van der Waals surface area contributed by atoms with Gasteiger partial charge < -0.3 is 10.6 Å². The normalized spacial score (nSPS) is 21.3. The molecule has 5 nitrogen and oxygen atoms in total. The highest BCUT2D eigenvalue weighted by molar-refractivity contribution is 7.90. The van der Waals surface area contributed by atoms with E-state index in [1.807, 2.05) is 11.0 Å². The summed E-state index contributed by atoms with van der Waals surface area (Å²) in [7, 11) is -3.56. The fraction of sp³-hybridized carbons (Fsp3) is 0.385. The zero-order chi connectivity index (χ0) is 14.4. The molecule has 1 aliphatic carbocycles. The van der Waals surface area contributed by atoms with Crippen LogP contribution < -0.4 is 10.6 Å². The number of hydrogen-bond acceptors (Lipinski definition) is 4. The number of nitrogens with two attached hydrogens (primary N) is 1. The molecule has 0 amide bonds. The first-order valence-corrected chi connectivity index (χ1v) is 8.21. The highest BCUT2D eigenvalue weighted by Gasteiger charge is 2.45. The predicted molar refractivity (Wildman–Crippen MR) is 82.5 cm³/mol. The Morgan fingerprint density at radius 3 is 2.75 bits per heavy atom. The van der Waals surface area contributed by atoms with E-state index in [1.165, 1.54) is 6.34 Å². The maximum absolute atomic E-state index is 11.9. The second-order valence-corrected chi connectivity index (χ2v) is 7.56. The monoisotopic (exact) mass is 309 g/mol. The number of fused-ring (bicyclic) bond motifs is 1. The Kier molecular flexibility index (Phi) is 3.06. The highest BCUT2D eigenvalue weighted by Crippen LogP contribution is 2.50. The number of para-hydroxylation sites is 1. The summed E-state index contributed by atoms with van der Waals surface area (Å²) in [5.74, 6) is 0. The number of nitrogens with zero attached hydrogens (tertiary/aromatic N) is 2. The van der Waals surface area contributed by atoms with Gasteiger partial charge in [-0.1, -0.05) is 24.4 Å². The second kappa shape index (κ2) is 4.53. The zero-order valence-electron chi connectivity index (χ0n) is 10.8. The van der Waals surface area contributed by atoms with E-state index in [4.69, 9.17) is 18.0 Å². The number of hydrogen-bond donors (Lipinski definition) is 1. The van der Waals surface area contributed by atoms with Crippen LogP contribution in [0.5, 0.6) is 0 Å². The van der Waals surface area contributed by atoms with Crippen molar-refractivity contribution in [1.29, 1.82) is 0 Å². The highest BCUT2D eigenvalue weighted by atomic mass is 32.2. The number of thiocarbonyl (C=S) groups is 1. The van der Waals surface area contributed by atoms with Crippen molar-refractivity contribution in [3.63, 3.8) is 0 Å². The SMILES string of the molecule is NC(=S)CC1(CN2C=NS(=O)(=O)c3ccccc32)CC1. The Hall–Kier alpha value is -1.47. The summed E-state index contributed by atoms with van der Waals surface area (Å²) in [5.41, 5.74) is 6.40. The van der Waals surface area contributed by atoms with Crippen molar-refractivity contribution in [3.05, 3.63) is 24.3 Å². The maximum atomic E-state index is 11.9. The third-order valence-corrected chi connectivity index (χ3v) is 5.21. The minimum Gasteiger partial charge on any atom is -0.393 e. The molecule has 1 heterocycles. The third-order valence-electron chi connectivity index (χ3n) is 3.79. The molecule has 0 aromatic heterocycles. The third kappa shape index (κ3) is 2.43. The van der Waals surface area contributed by atoms with Crippen LogP contribution in [0.15, 0.2) is 33.6 Å². The standard InChI is InChI=1S/C13H15N3O2S2/c14-12(19)7-13(5-6-13)8-16-9-15-20(17,18)11-4-2-1-3-10(11)16/h1-4,9H,5-8H2,(H2,14,19).